The third-order valence-electron chi connectivity index (χ3n) is 4.49. The molecule has 10 nitrogen and oxygen atoms in total. The highest BCUT2D eigenvalue weighted by Crippen LogP contribution is 2.23. The molecule has 2 saturated heterocycles. The predicted molar refractivity (Wildman–Crippen MR) is 94.6 cm³/mol. The summed E-state index contributed by atoms with van der Waals surface area (Å²) in [6, 6.07) is 4.21. The van der Waals surface area contributed by atoms with Gasteiger partial charge in [-0.15, -0.1) is 0 Å². The number of amides is 3. The maximum atomic E-state index is 12.7. The molecule has 0 unspecified atom stereocenters. The monoisotopic (exact) mass is 393 g/mol. The van der Waals surface area contributed by atoms with Gasteiger partial charge in [0.2, 0.25) is 10.0 Å². The third-order valence-corrected chi connectivity index (χ3v) is 6.59. The Bertz CT molecular complexity index is 904. The minimum Gasteiger partial charge on any atom is -0.457 e. The van der Waals surface area contributed by atoms with E-state index in [0.29, 0.717) is 18.7 Å². The average molecular weight is 393 g/mol. The zero-order valence-electron chi connectivity index (χ0n) is 14.6. The van der Waals surface area contributed by atoms with E-state index in [-0.39, 0.29) is 25.0 Å². The van der Waals surface area contributed by atoms with E-state index in [1.165, 1.54) is 11.2 Å². The van der Waals surface area contributed by atoms with Crippen LogP contribution >= 0.6 is 0 Å². The molecule has 0 aromatic carbocycles. The minimum atomic E-state index is -3.74. The number of ether oxygens (including phenoxy) is 1. The number of carbonyl (C=O) groups excluding carboxylic acids is 2. The lowest BCUT2D eigenvalue weighted by molar-refractivity contribution is -0.122. The molecule has 2 N–H and O–H groups in total. The Kier molecular flexibility index (Phi) is 5.03. The zero-order chi connectivity index (χ0) is 19.7. The molecule has 2 aliphatic heterocycles. The Labute approximate surface area is 156 Å². The number of sulfonamides is 1. The Morgan fingerprint density at radius 1 is 1.37 bits per heavy atom. The number of carbonyl (C=O) groups is 2. The lowest BCUT2D eigenvalue weighted by Crippen LogP contribution is -2.53. The first-order valence-electron chi connectivity index (χ1n) is 8.34. The highest BCUT2D eigenvalue weighted by atomic mass is 32.2. The van der Waals surface area contributed by atoms with Crippen LogP contribution < -0.4 is 15.4 Å². The van der Waals surface area contributed by atoms with Gasteiger partial charge in [-0.25, -0.2) is 17.5 Å². The van der Waals surface area contributed by atoms with Gasteiger partial charge in [-0.05, 0) is 25.8 Å². The zero-order valence-corrected chi connectivity index (χ0v) is 15.5. The van der Waals surface area contributed by atoms with E-state index in [1.54, 1.807) is 18.2 Å². The summed E-state index contributed by atoms with van der Waals surface area (Å²) in [5.74, 6) is -0.585. The molecule has 0 saturated carbocycles. The van der Waals surface area contributed by atoms with Crippen molar-refractivity contribution in [2.24, 2.45) is 0 Å². The van der Waals surface area contributed by atoms with Crippen molar-refractivity contribution in [3.05, 3.63) is 29.6 Å². The smallest absolute Gasteiger partial charge is 0.322 e. The molecule has 1 atom stereocenters. The van der Waals surface area contributed by atoms with Gasteiger partial charge in [0.1, 0.15) is 11.6 Å². The summed E-state index contributed by atoms with van der Waals surface area (Å²) in [4.78, 5) is 30.4. The SMILES string of the molecule is [C-]#[N+]c1cccc(OC2CCN(S(=O)(=O)C[C@@]3(C)NC(=O)NC3=O)CC2)n1. The molecule has 2 aliphatic rings. The van der Waals surface area contributed by atoms with Crippen molar-refractivity contribution in [2.45, 2.75) is 31.4 Å². The highest BCUT2D eigenvalue weighted by molar-refractivity contribution is 7.89. The maximum Gasteiger partial charge on any atom is 0.322 e. The second-order valence-corrected chi connectivity index (χ2v) is 8.63. The summed E-state index contributed by atoms with van der Waals surface area (Å²) >= 11 is 0. The molecule has 0 aliphatic carbocycles. The van der Waals surface area contributed by atoms with E-state index in [2.05, 4.69) is 20.5 Å². The summed E-state index contributed by atoms with van der Waals surface area (Å²) in [6.45, 7) is 8.83. The standard InChI is InChI=1S/C16H19N5O5S/c1-16(14(22)19-15(23)20-16)10-27(24,25)21-8-6-11(7-9-21)26-13-5-3-4-12(17-2)18-13/h3-5,11H,6-10H2,1H3,(H2,19,20,22,23)/t16-/m1/s1. The highest BCUT2D eigenvalue weighted by Gasteiger charge is 2.47. The van der Waals surface area contributed by atoms with Gasteiger partial charge in [0, 0.05) is 19.2 Å². The number of aromatic nitrogens is 1. The number of hydrogen-bond acceptors (Lipinski definition) is 6. The van der Waals surface area contributed by atoms with Crippen LogP contribution in [-0.4, -0.2) is 60.1 Å². The van der Waals surface area contributed by atoms with Crippen LogP contribution in [-0.2, 0) is 14.8 Å². The Balaban J connectivity index is 1.59. The van der Waals surface area contributed by atoms with Crippen molar-refractivity contribution in [1.82, 2.24) is 19.9 Å². The molecule has 1 aromatic rings. The molecular weight excluding hydrogens is 374 g/mol. The number of hydrogen-bond donors (Lipinski definition) is 2. The van der Waals surface area contributed by atoms with Gasteiger partial charge < -0.3 is 14.9 Å². The fraction of sp³-hybridized carbons (Fsp3) is 0.500. The predicted octanol–water partition coefficient (Wildman–Crippen LogP) is 0.403. The fourth-order valence-corrected chi connectivity index (χ4v) is 4.95. The van der Waals surface area contributed by atoms with E-state index < -0.39 is 33.3 Å². The number of nitrogens with zero attached hydrogens (tertiary/aromatic N) is 3. The van der Waals surface area contributed by atoms with E-state index in [9.17, 15) is 18.0 Å². The topological polar surface area (TPSA) is 122 Å². The van der Waals surface area contributed by atoms with Crippen LogP contribution in [0, 0.1) is 6.57 Å². The molecule has 11 heteroatoms. The van der Waals surface area contributed by atoms with Crippen molar-refractivity contribution >= 4 is 27.8 Å². The van der Waals surface area contributed by atoms with Gasteiger partial charge in [-0.2, -0.15) is 0 Å². The number of urea groups is 1. The van der Waals surface area contributed by atoms with Crippen LogP contribution in [0.25, 0.3) is 4.85 Å². The first-order chi connectivity index (χ1) is 12.7. The first-order valence-corrected chi connectivity index (χ1v) is 9.95. The van der Waals surface area contributed by atoms with Crippen molar-refractivity contribution in [3.8, 4) is 5.88 Å². The Morgan fingerprint density at radius 3 is 2.67 bits per heavy atom. The molecule has 2 fully saturated rings. The summed E-state index contributed by atoms with van der Waals surface area (Å²) in [7, 11) is -3.74. The number of nitrogens with one attached hydrogen (secondary N) is 2. The largest absolute Gasteiger partial charge is 0.457 e. The van der Waals surface area contributed by atoms with Crippen molar-refractivity contribution in [3.63, 3.8) is 0 Å². The molecule has 0 spiro atoms. The van der Waals surface area contributed by atoms with E-state index >= 15 is 0 Å². The first kappa shape index (κ1) is 19.1. The molecule has 27 heavy (non-hydrogen) atoms. The minimum absolute atomic E-state index is 0.213. The Morgan fingerprint density at radius 2 is 2.07 bits per heavy atom. The third kappa shape index (κ3) is 4.17. The van der Waals surface area contributed by atoms with Crippen LogP contribution in [0.3, 0.4) is 0 Å². The summed E-state index contributed by atoms with van der Waals surface area (Å²) < 4.78 is 32.4. The number of imide groups is 1. The summed E-state index contributed by atoms with van der Waals surface area (Å²) in [5, 5.41) is 4.42. The van der Waals surface area contributed by atoms with Crippen molar-refractivity contribution < 1.29 is 22.7 Å². The quantitative estimate of drug-likeness (QED) is 0.552. The van der Waals surface area contributed by atoms with E-state index in [1.807, 2.05) is 0 Å². The van der Waals surface area contributed by atoms with E-state index in [0.717, 1.165) is 0 Å². The van der Waals surface area contributed by atoms with Crippen molar-refractivity contribution in [2.75, 3.05) is 18.8 Å². The van der Waals surface area contributed by atoms with E-state index in [4.69, 9.17) is 11.3 Å². The summed E-state index contributed by atoms with van der Waals surface area (Å²) in [6.07, 6.45) is 0.701. The van der Waals surface area contributed by atoms with Crippen LogP contribution in [0.15, 0.2) is 18.2 Å². The second-order valence-electron chi connectivity index (χ2n) is 6.66. The molecule has 1 aromatic heterocycles. The molecular formula is C16H19N5O5S. The lowest BCUT2D eigenvalue weighted by atomic mass is 10.1. The van der Waals surface area contributed by atoms with Crippen molar-refractivity contribution in [1.29, 1.82) is 0 Å². The van der Waals surface area contributed by atoms with Gasteiger partial charge in [0.25, 0.3) is 11.7 Å². The van der Waals surface area contributed by atoms with Gasteiger partial charge in [0.05, 0.1) is 5.75 Å². The fourth-order valence-electron chi connectivity index (χ4n) is 3.07. The van der Waals surface area contributed by atoms with Crippen LogP contribution in [0.4, 0.5) is 10.6 Å². The molecule has 144 valence electrons. The average Bonchev–Trinajstić information content (AvgIpc) is 2.86. The second kappa shape index (κ2) is 7.13. The number of pyridine rings is 1. The van der Waals surface area contributed by atoms with Gasteiger partial charge >= 0.3 is 11.9 Å². The maximum absolute atomic E-state index is 12.7. The van der Waals surface area contributed by atoms with Crippen LogP contribution in [0.1, 0.15) is 19.8 Å². The molecule has 0 radical (unpaired) electrons. The van der Waals surface area contributed by atoms with Gasteiger partial charge in [-0.3, -0.25) is 10.1 Å². The van der Waals surface area contributed by atoms with Crippen LogP contribution in [0.2, 0.25) is 0 Å². The Hall–Kier alpha value is -2.71. The normalized spacial score (nSPS) is 24.1. The molecule has 3 rings (SSSR count). The summed E-state index contributed by atoms with van der Waals surface area (Å²) in [5.41, 5.74) is -1.48. The molecule has 0 bridgehead atoms. The van der Waals surface area contributed by atoms with Gasteiger partial charge in [-0.1, -0.05) is 17.6 Å². The number of rotatable bonds is 5. The lowest BCUT2D eigenvalue weighted by Gasteiger charge is -2.32. The van der Waals surface area contributed by atoms with Crippen LogP contribution in [0.5, 0.6) is 5.88 Å². The molecule has 3 amide bonds. The van der Waals surface area contributed by atoms with Gasteiger partial charge in [0.15, 0.2) is 0 Å². The number of piperidine rings is 1. The molecule has 3 heterocycles.